The van der Waals surface area contributed by atoms with Gasteiger partial charge in [0.2, 0.25) is 0 Å². The van der Waals surface area contributed by atoms with Gasteiger partial charge in [-0.05, 0) is 32.9 Å². The van der Waals surface area contributed by atoms with Crippen LogP contribution in [0.5, 0.6) is 5.75 Å². The molecule has 20 heavy (non-hydrogen) atoms. The Kier molecular flexibility index (Phi) is 4.16. The summed E-state index contributed by atoms with van der Waals surface area (Å²) in [6.07, 6.45) is 1.01. The molecule has 2 rings (SSSR count). The van der Waals surface area contributed by atoms with Crippen LogP contribution in [0.15, 0.2) is 24.3 Å². The Balaban J connectivity index is 1.71. The highest BCUT2D eigenvalue weighted by molar-refractivity contribution is 5.68. The molecule has 0 radical (unpaired) electrons. The van der Waals surface area contributed by atoms with Gasteiger partial charge in [-0.2, -0.15) is 0 Å². The van der Waals surface area contributed by atoms with Crippen LogP contribution in [0.1, 0.15) is 33.6 Å². The molecule has 0 saturated heterocycles. The predicted molar refractivity (Wildman–Crippen MR) is 73.2 cm³/mol. The number of amides is 1. The van der Waals surface area contributed by atoms with Gasteiger partial charge in [0.05, 0.1) is 0 Å². The maximum atomic E-state index is 13.0. The summed E-state index contributed by atoms with van der Waals surface area (Å²) in [6, 6.07) is 6.12. The van der Waals surface area contributed by atoms with Crippen LogP contribution in [0.2, 0.25) is 0 Å². The van der Waals surface area contributed by atoms with Crippen LogP contribution in [0.4, 0.5) is 9.18 Å². The molecule has 1 amide bonds. The zero-order valence-electron chi connectivity index (χ0n) is 12.0. The molecule has 0 aromatic heterocycles. The van der Waals surface area contributed by atoms with Gasteiger partial charge < -0.3 is 14.8 Å². The zero-order chi connectivity index (χ0) is 14.8. The molecule has 4 nitrogen and oxygen atoms in total. The maximum Gasteiger partial charge on any atom is 0.407 e. The SMILES string of the molecule is CC(C)(C)OC(=O)NC1CC(Oc2cccc(F)c2)C1. The molecule has 0 bridgehead atoms. The Morgan fingerprint density at radius 2 is 2.05 bits per heavy atom. The number of halogens is 1. The molecule has 0 aliphatic heterocycles. The fourth-order valence-electron chi connectivity index (χ4n) is 1.99. The average molecular weight is 281 g/mol. The van der Waals surface area contributed by atoms with Crippen molar-refractivity contribution in [3.63, 3.8) is 0 Å². The third-order valence-corrected chi connectivity index (χ3v) is 2.91. The van der Waals surface area contributed by atoms with E-state index in [9.17, 15) is 9.18 Å². The van der Waals surface area contributed by atoms with Gasteiger partial charge in [0, 0.05) is 24.9 Å². The topological polar surface area (TPSA) is 47.6 Å². The van der Waals surface area contributed by atoms with Gasteiger partial charge in [-0.15, -0.1) is 0 Å². The van der Waals surface area contributed by atoms with Gasteiger partial charge in [0.25, 0.3) is 0 Å². The quantitative estimate of drug-likeness (QED) is 0.925. The number of carbonyl (C=O) groups excluding carboxylic acids is 1. The van der Waals surface area contributed by atoms with E-state index in [-0.39, 0.29) is 18.0 Å². The van der Waals surface area contributed by atoms with Crippen LogP contribution in [-0.4, -0.2) is 23.8 Å². The van der Waals surface area contributed by atoms with Crippen molar-refractivity contribution in [2.24, 2.45) is 0 Å². The fraction of sp³-hybridized carbons (Fsp3) is 0.533. The minimum Gasteiger partial charge on any atom is -0.490 e. The minimum atomic E-state index is -0.495. The molecule has 5 heteroatoms. The lowest BCUT2D eigenvalue weighted by Crippen LogP contribution is -2.50. The number of carbonyl (C=O) groups is 1. The van der Waals surface area contributed by atoms with Crippen molar-refractivity contribution in [2.45, 2.75) is 51.4 Å². The van der Waals surface area contributed by atoms with E-state index in [0.717, 1.165) is 0 Å². The van der Waals surface area contributed by atoms with Crippen LogP contribution >= 0.6 is 0 Å². The zero-order valence-corrected chi connectivity index (χ0v) is 12.0. The Morgan fingerprint density at radius 1 is 1.35 bits per heavy atom. The van der Waals surface area contributed by atoms with Crippen LogP contribution in [0, 0.1) is 5.82 Å². The van der Waals surface area contributed by atoms with Crippen molar-refractivity contribution >= 4 is 6.09 Å². The van der Waals surface area contributed by atoms with E-state index < -0.39 is 11.7 Å². The summed E-state index contributed by atoms with van der Waals surface area (Å²) in [5.41, 5.74) is -0.495. The number of hydrogen-bond donors (Lipinski definition) is 1. The molecular formula is C15H20FNO3. The average Bonchev–Trinajstić information content (AvgIpc) is 2.23. The Bertz CT molecular complexity index is 478. The van der Waals surface area contributed by atoms with E-state index in [1.165, 1.54) is 12.1 Å². The standard InChI is InChI=1S/C15H20FNO3/c1-15(2,3)20-14(18)17-11-8-13(9-11)19-12-6-4-5-10(16)7-12/h4-7,11,13H,8-9H2,1-3H3,(H,17,18). The Labute approximate surface area is 118 Å². The summed E-state index contributed by atoms with van der Waals surface area (Å²) < 4.78 is 23.8. The van der Waals surface area contributed by atoms with E-state index in [0.29, 0.717) is 18.6 Å². The van der Waals surface area contributed by atoms with Crippen LogP contribution in [0.25, 0.3) is 0 Å². The molecule has 0 heterocycles. The highest BCUT2D eigenvalue weighted by Crippen LogP contribution is 2.26. The first-order valence-electron chi connectivity index (χ1n) is 6.73. The monoisotopic (exact) mass is 281 g/mol. The molecule has 1 N–H and O–H groups in total. The van der Waals surface area contributed by atoms with E-state index in [2.05, 4.69) is 5.32 Å². The predicted octanol–water partition coefficient (Wildman–Crippen LogP) is 3.26. The maximum absolute atomic E-state index is 13.0. The molecule has 0 spiro atoms. The van der Waals surface area contributed by atoms with Gasteiger partial charge in [0.1, 0.15) is 23.3 Å². The van der Waals surface area contributed by atoms with Gasteiger partial charge in [-0.25, -0.2) is 9.18 Å². The van der Waals surface area contributed by atoms with Crippen molar-refractivity contribution in [1.82, 2.24) is 5.32 Å². The summed E-state index contributed by atoms with van der Waals surface area (Å²) in [7, 11) is 0. The molecule has 1 saturated carbocycles. The van der Waals surface area contributed by atoms with E-state index in [1.807, 2.05) is 20.8 Å². The first kappa shape index (κ1) is 14.6. The highest BCUT2D eigenvalue weighted by Gasteiger charge is 2.33. The number of ether oxygens (including phenoxy) is 2. The van der Waals surface area contributed by atoms with Crippen molar-refractivity contribution in [3.8, 4) is 5.75 Å². The minimum absolute atomic E-state index is 0.0109. The third-order valence-electron chi connectivity index (χ3n) is 2.91. The lowest BCUT2D eigenvalue weighted by molar-refractivity contribution is 0.0362. The molecular weight excluding hydrogens is 261 g/mol. The normalized spacial score (nSPS) is 21.8. The van der Waals surface area contributed by atoms with Crippen molar-refractivity contribution in [2.75, 3.05) is 0 Å². The second-order valence-corrected chi connectivity index (χ2v) is 6.01. The number of nitrogens with one attached hydrogen (secondary N) is 1. The van der Waals surface area contributed by atoms with Gasteiger partial charge >= 0.3 is 6.09 Å². The fourth-order valence-corrected chi connectivity index (χ4v) is 1.99. The van der Waals surface area contributed by atoms with Crippen LogP contribution in [0.3, 0.4) is 0 Å². The third kappa shape index (κ3) is 4.40. The van der Waals surface area contributed by atoms with Gasteiger partial charge in [0.15, 0.2) is 0 Å². The van der Waals surface area contributed by atoms with Crippen molar-refractivity contribution in [3.05, 3.63) is 30.1 Å². The van der Waals surface area contributed by atoms with Crippen LogP contribution in [-0.2, 0) is 4.74 Å². The number of alkyl carbamates (subject to hydrolysis) is 1. The van der Waals surface area contributed by atoms with E-state index in [1.54, 1.807) is 12.1 Å². The van der Waals surface area contributed by atoms with E-state index >= 15 is 0 Å². The number of hydrogen-bond acceptors (Lipinski definition) is 3. The first-order chi connectivity index (χ1) is 9.32. The Morgan fingerprint density at radius 3 is 2.65 bits per heavy atom. The number of rotatable bonds is 3. The summed E-state index contributed by atoms with van der Waals surface area (Å²) in [6.45, 7) is 5.47. The molecule has 110 valence electrons. The van der Waals surface area contributed by atoms with Crippen molar-refractivity contribution in [1.29, 1.82) is 0 Å². The molecule has 1 aromatic rings. The Hall–Kier alpha value is -1.78. The smallest absolute Gasteiger partial charge is 0.407 e. The molecule has 1 aliphatic carbocycles. The molecule has 1 fully saturated rings. The largest absolute Gasteiger partial charge is 0.490 e. The summed E-state index contributed by atoms with van der Waals surface area (Å²) in [5, 5.41) is 2.78. The first-order valence-corrected chi connectivity index (χ1v) is 6.73. The molecule has 1 aliphatic rings. The summed E-state index contributed by atoms with van der Waals surface area (Å²) >= 11 is 0. The van der Waals surface area contributed by atoms with Crippen molar-refractivity contribution < 1.29 is 18.7 Å². The van der Waals surface area contributed by atoms with Gasteiger partial charge in [-0.3, -0.25) is 0 Å². The molecule has 1 aromatic carbocycles. The summed E-state index contributed by atoms with van der Waals surface area (Å²) in [5.74, 6) is 0.205. The molecule has 0 unspecified atom stereocenters. The van der Waals surface area contributed by atoms with Crippen LogP contribution < -0.4 is 10.1 Å². The second kappa shape index (κ2) is 5.69. The second-order valence-electron chi connectivity index (χ2n) is 6.01. The van der Waals surface area contributed by atoms with E-state index in [4.69, 9.17) is 9.47 Å². The lowest BCUT2D eigenvalue weighted by atomic mass is 9.89. The molecule has 0 atom stereocenters. The highest BCUT2D eigenvalue weighted by atomic mass is 19.1. The number of benzene rings is 1. The summed E-state index contributed by atoms with van der Waals surface area (Å²) in [4.78, 5) is 11.5. The van der Waals surface area contributed by atoms with Gasteiger partial charge in [-0.1, -0.05) is 6.07 Å². The lowest BCUT2D eigenvalue weighted by Gasteiger charge is -2.36.